The monoisotopic (exact) mass is 388 g/mol. The number of nitrogens with two attached hydrogens (primary N) is 2. The number of aromatic nitrogens is 2. The number of rotatable bonds is 4. The van der Waals surface area contributed by atoms with Crippen molar-refractivity contribution in [2.75, 3.05) is 25.1 Å². The first kappa shape index (κ1) is 22.3. The van der Waals surface area contributed by atoms with E-state index >= 15 is 0 Å². The van der Waals surface area contributed by atoms with Crippen LogP contribution in [-0.2, 0) is 6.18 Å². The lowest BCUT2D eigenvalue weighted by Gasteiger charge is -2.14. The van der Waals surface area contributed by atoms with Gasteiger partial charge in [0.15, 0.2) is 5.82 Å². The summed E-state index contributed by atoms with van der Waals surface area (Å²) < 4.78 is 47.2. The van der Waals surface area contributed by atoms with E-state index in [4.69, 9.17) is 21.2 Å². The van der Waals surface area contributed by atoms with Gasteiger partial charge in [-0.3, -0.25) is 0 Å². The molecule has 6 N–H and O–H groups in total. The van der Waals surface area contributed by atoms with Crippen LogP contribution in [0.3, 0.4) is 0 Å². The molecule has 0 fully saturated rings. The van der Waals surface area contributed by atoms with Crippen LogP contribution in [0, 0.1) is 20.8 Å². The van der Waals surface area contributed by atoms with E-state index in [0.717, 1.165) is 17.2 Å². The van der Waals surface area contributed by atoms with Crippen molar-refractivity contribution in [1.29, 1.82) is 0 Å². The van der Waals surface area contributed by atoms with Crippen LogP contribution in [-0.4, -0.2) is 24.2 Å². The van der Waals surface area contributed by atoms with Gasteiger partial charge in [-0.1, -0.05) is 0 Å². The summed E-state index contributed by atoms with van der Waals surface area (Å²) in [4.78, 5) is 7.75. The maximum absolute atomic E-state index is 12.5. The molecule has 0 radical (unpaired) electrons. The van der Waals surface area contributed by atoms with Gasteiger partial charge in [-0.05, 0) is 38.5 Å². The molecular formula is C16H23F3N6O2. The SMILES string of the molecule is COc1nc(NN)c(C(F)(F)F)cc1C.COc1nc(NN)c(C)cc1C. The van der Waals surface area contributed by atoms with Gasteiger partial charge in [0.2, 0.25) is 11.8 Å². The third kappa shape index (κ3) is 5.59. The second kappa shape index (κ2) is 9.24. The summed E-state index contributed by atoms with van der Waals surface area (Å²) in [6, 6.07) is 2.90. The number of nitrogen functional groups attached to an aromatic ring is 2. The Bertz CT molecular complexity index is 758. The van der Waals surface area contributed by atoms with E-state index in [-0.39, 0.29) is 5.88 Å². The number of hydrogen-bond donors (Lipinski definition) is 4. The molecule has 150 valence electrons. The van der Waals surface area contributed by atoms with Gasteiger partial charge in [0.05, 0.1) is 19.8 Å². The number of nitrogens with zero attached hydrogens (tertiary/aromatic N) is 2. The molecule has 0 saturated carbocycles. The Balaban J connectivity index is 0.000000277. The number of hydrazine groups is 2. The van der Waals surface area contributed by atoms with Gasteiger partial charge in [0, 0.05) is 11.1 Å². The molecule has 0 amide bonds. The summed E-state index contributed by atoms with van der Waals surface area (Å²) in [6.07, 6.45) is -4.49. The van der Waals surface area contributed by atoms with Crippen LogP contribution >= 0.6 is 0 Å². The van der Waals surface area contributed by atoms with E-state index in [1.54, 1.807) is 7.11 Å². The number of pyridine rings is 2. The van der Waals surface area contributed by atoms with Crippen molar-refractivity contribution in [2.45, 2.75) is 26.9 Å². The number of ether oxygens (including phenoxy) is 2. The molecule has 27 heavy (non-hydrogen) atoms. The van der Waals surface area contributed by atoms with Gasteiger partial charge >= 0.3 is 6.18 Å². The second-order valence-corrected chi connectivity index (χ2v) is 5.48. The third-order valence-electron chi connectivity index (χ3n) is 3.49. The number of anilines is 2. The zero-order valence-corrected chi connectivity index (χ0v) is 15.7. The largest absolute Gasteiger partial charge is 0.481 e. The average molecular weight is 388 g/mol. The first-order valence-electron chi connectivity index (χ1n) is 7.67. The highest BCUT2D eigenvalue weighted by Crippen LogP contribution is 2.35. The Morgan fingerprint density at radius 3 is 1.67 bits per heavy atom. The average Bonchev–Trinajstić information content (AvgIpc) is 2.61. The first-order valence-corrected chi connectivity index (χ1v) is 7.67. The van der Waals surface area contributed by atoms with Crippen molar-refractivity contribution in [1.82, 2.24) is 9.97 Å². The van der Waals surface area contributed by atoms with Gasteiger partial charge in [0.1, 0.15) is 5.82 Å². The lowest BCUT2D eigenvalue weighted by molar-refractivity contribution is -0.137. The fourth-order valence-corrected chi connectivity index (χ4v) is 2.21. The van der Waals surface area contributed by atoms with E-state index < -0.39 is 17.6 Å². The standard InChI is InChI=1S/C8H10F3N3O.C8H13N3O/c1-4-3-5(8(9,10)11)6(14-12)13-7(4)15-2;1-5-4-6(2)8(12-3)10-7(5)11-9/h3H,12H2,1-2H3,(H,13,14);4H,9H2,1-3H3,(H,10,11). The van der Waals surface area contributed by atoms with Crippen molar-refractivity contribution in [3.8, 4) is 11.8 Å². The van der Waals surface area contributed by atoms with Crippen LogP contribution in [0.4, 0.5) is 24.8 Å². The molecule has 0 aliphatic carbocycles. The molecule has 0 bridgehead atoms. The molecule has 8 nitrogen and oxygen atoms in total. The lowest BCUT2D eigenvalue weighted by atomic mass is 10.2. The van der Waals surface area contributed by atoms with Gasteiger partial charge < -0.3 is 20.3 Å². The minimum atomic E-state index is -4.49. The molecule has 2 rings (SSSR count). The zero-order chi connectivity index (χ0) is 20.8. The number of alkyl halides is 3. The number of nitrogens with one attached hydrogen (secondary N) is 2. The van der Waals surface area contributed by atoms with Crippen molar-refractivity contribution in [2.24, 2.45) is 11.7 Å². The summed E-state index contributed by atoms with van der Waals surface area (Å²) in [7, 11) is 2.91. The Hall–Kier alpha value is -2.79. The van der Waals surface area contributed by atoms with E-state index in [0.29, 0.717) is 17.3 Å². The van der Waals surface area contributed by atoms with Crippen molar-refractivity contribution in [3.05, 3.63) is 34.4 Å². The minimum Gasteiger partial charge on any atom is -0.481 e. The molecule has 2 aromatic rings. The molecular weight excluding hydrogens is 365 g/mol. The fraction of sp³-hybridized carbons (Fsp3) is 0.375. The van der Waals surface area contributed by atoms with Gasteiger partial charge in [0.25, 0.3) is 0 Å². The van der Waals surface area contributed by atoms with Crippen molar-refractivity contribution in [3.63, 3.8) is 0 Å². The van der Waals surface area contributed by atoms with Gasteiger partial charge in [-0.15, -0.1) is 0 Å². The van der Waals surface area contributed by atoms with Crippen LogP contribution in [0.1, 0.15) is 22.3 Å². The first-order chi connectivity index (χ1) is 12.6. The second-order valence-electron chi connectivity index (χ2n) is 5.48. The van der Waals surface area contributed by atoms with E-state index in [1.165, 1.54) is 14.0 Å². The molecule has 0 saturated heterocycles. The van der Waals surface area contributed by atoms with Gasteiger partial charge in [-0.25, -0.2) is 11.7 Å². The quantitative estimate of drug-likeness (QED) is 0.466. The normalized spacial score (nSPS) is 10.6. The highest BCUT2D eigenvalue weighted by molar-refractivity contribution is 5.50. The smallest absolute Gasteiger partial charge is 0.420 e. The molecule has 2 aromatic heterocycles. The topological polar surface area (TPSA) is 120 Å². The van der Waals surface area contributed by atoms with Crippen LogP contribution in [0.25, 0.3) is 0 Å². The number of methoxy groups -OCH3 is 2. The Labute approximate surface area is 155 Å². The predicted octanol–water partition coefficient (Wildman–Crippen LogP) is 2.70. The van der Waals surface area contributed by atoms with Crippen LogP contribution in [0.2, 0.25) is 0 Å². The molecule has 0 unspecified atom stereocenters. The molecule has 2 heterocycles. The highest BCUT2D eigenvalue weighted by Gasteiger charge is 2.35. The van der Waals surface area contributed by atoms with Crippen molar-refractivity contribution >= 4 is 11.6 Å². The van der Waals surface area contributed by atoms with Crippen LogP contribution in [0.15, 0.2) is 12.1 Å². The summed E-state index contributed by atoms with van der Waals surface area (Å²) in [6.45, 7) is 5.36. The summed E-state index contributed by atoms with van der Waals surface area (Å²) in [5, 5.41) is 0. The Kier molecular flexibility index (Phi) is 7.61. The molecule has 0 aliphatic heterocycles. The zero-order valence-electron chi connectivity index (χ0n) is 15.7. The summed E-state index contributed by atoms with van der Waals surface area (Å²) in [5.74, 6) is 11.1. The maximum atomic E-state index is 12.5. The molecule has 0 atom stereocenters. The highest BCUT2D eigenvalue weighted by atomic mass is 19.4. The summed E-state index contributed by atoms with van der Waals surface area (Å²) in [5.41, 5.74) is 5.80. The Morgan fingerprint density at radius 2 is 1.26 bits per heavy atom. The van der Waals surface area contributed by atoms with Gasteiger partial charge in [-0.2, -0.15) is 23.1 Å². The molecule has 0 aliphatic rings. The minimum absolute atomic E-state index is 0.107. The number of hydrogen-bond acceptors (Lipinski definition) is 8. The fourth-order valence-electron chi connectivity index (χ4n) is 2.21. The third-order valence-corrected chi connectivity index (χ3v) is 3.49. The van der Waals surface area contributed by atoms with E-state index in [9.17, 15) is 13.2 Å². The Morgan fingerprint density at radius 1 is 0.815 bits per heavy atom. The number of aryl methyl sites for hydroxylation is 3. The van der Waals surface area contributed by atoms with E-state index in [1.807, 2.05) is 25.3 Å². The predicted molar refractivity (Wildman–Crippen MR) is 96.4 cm³/mol. The lowest BCUT2D eigenvalue weighted by Crippen LogP contribution is -2.17. The van der Waals surface area contributed by atoms with Crippen molar-refractivity contribution < 1.29 is 22.6 Å². The maximum Gasteiger partial charge on any atom is 0.420 e. The summed E-state index contributed by atoms with van der Waals surface area (Å²) >= 11 is 0. The molecule has 11 heteroatoms. The number of halogens is 3. The van der Waals surface area contributed by atoms with Crippen LogP contribution in [0.5, 0.6) is 11.8 Å². The molecule has 0 spiro atoms. The van der Waals surface area contributed by atoms with E-state index in [2.05, 4.69) is 15.4 Å². The van der Waals surface area contributed by atoms with Crippen LogP contribution < -0.4 is 32.0 Å². The molecule has 0 aromatic carbocycles.